The molecule has 0 aliphatic rings. The number of nitro groups is 1. The molecule has 116 valence electrons. The smallest absolute Gasteiger partial charge is 0.348 e. The van der Waals surface area contributed by atoms with E-state index in [1.54, 1.807) is 0 Å². The van der Waals surface area contributed by atoms with Gasteiger partial charge in [-0.3, -0.25) is 10.1 Å². The number of carbonyl (C=O) groups excluding carboxylic acids is 1. The van der Waals surface area contributed by atoms with Crippen LogP contribution in [0.25, 0.3) is 0 Å². The molecule has 22 heavy (non-hydrogen) atoms. The maximum atomic E-state index is 11.7. The van der Waals surface area contributed by atoms with Gasteiger partial charge in [-0.15, -0.1) is 0 Å². The number of hydrogen-bond donors (Lipinski definition) is 0. The molecule has 0 aliphatic heterocycles. The molecule has 0 unspecified atom stereocenters. The Morgan fingerprint density at radius 3 is 2.45 bits per heavy atom. The Morgan fingerprint density at radius 2 is 1.86 bits per heavy atom. The number of carbonyl (C=O) groups is 1. The van der Waals surface area contributed by atoms with E-state index in [1.807, 2.05) is 32.0 Å². The van der Waals surface area contributed by atoms with E-state index < -0.39 is 10.9 Å². The summed E-state index contributed by atoms with van der Waals surface area (Å²) in [7, 11) is 0. The Labute approximate surface area is 131 Å². The number of benzene rings is 1. The lowest BCUT2D eigenvalue weighted by Crippen LogP contribution is -2.12. The summed E-state index contributed by atoms with van der Waals surface area (Å²) in [5, 5.41) is 10.5. The van der Waals surface area contributed by atoms with Crippen LogP contribution >= 0.6 is 11.3 Å². The van der Waals surface area contributed by atoms with Gasteiger partial charge in [0, 0.05) is 6.07 Å². The number of esters is 1. The fourth-order valence-electron chi connectivity index (χ4n) is 1.91. The van der Waals surface area contributed by atoms with E-state index in [-0.39, 0.29) is 23.1 Å². The number of hydrogen-bond acceptors (Lipinski definition) is 6. The van der Waals surface area contributed by atoms with Crippen LogP contribution in [0.15, 0.2) is 30.3 Å². The predicted molar refractivity (Wildman–Crippen MR) is 82.7 cm³/mol. The van der Waals surface area contributed by atoms with Gasteiger partial charge in [-0.05, 0) is 31.0 Å². The summed E-state index contributed by atoms with van der Waals surface area (Å²) in [4.78, 5) is 22.0. The van der Waals surface area contributed by atoms with Crippen molar-refractivity contribution >= 4 is 22.3 Å². The lowest BCUT2D eigenvalue weighted by Gasteiger charge is -2.11. The summed E-state index contributed by atoms with van der Waals surface area (Å²) in [6.07, 6.45) is 0. The van der Waals surface area contributed by atoms with Crippen molar-refractivity contribution in [1.82, 2.24) is 0 Å². The average Bonchev–Trinajstić information content (AvgIpc) is 2.96. The van der Waals surface area contributed by atoms with Crippen LogP contribution in [0.3, 0.4) is 0 Å². The van der Waals surface area contributed by atoms with Gasteiger partial charge in [0.15, 0.2) is 0 Å². The quantitative estimate of drug-likeness (QED) is 0.352. The van der Waals surface area contributed by atoms with Crippen molar-refractivity contribution in [2.24, 2.45) is 0 Å². The Balaban J connectivity index is 1.83. The second-order valence-electron chi connectivity index (χ2n) is 4.60. The third-order valence-corrected chi connectivity index (χ3v) is 3.96. The van der Waals surface area contributed by atoms with E-state index in [0.29, 0.717) is 0 Å². The highest BCUT2D eigenvalue weighted by molar-refractivity contribution is 7.17. The molecule has 0 saturated carbocycles. The number of rotatable bonds is 6. The number of aryl methyl sites for hydroxylation is 2. The molecule has 0 saturated heterocycles. The zero-order valence-corrected chi connectivity index (χ0v) is 13.0. The van der Waals surface area contributed by atoms with E-state index in [0.717, 1.165) is 28.2 Å². The SMILES string of the molecule is Cc1cccc(C)c1OCCOC(=O)c1ccc([N+](=O)[O-])s1. The Morgan fingerprint density at radius 1 is 1.18 bits per heavy atom. The van der Waals surface area contributed by atoms with E-state index in [4.69, 9.17) is 9.47 Å². The molecule has 0 radical (unpaired) electrons. The summed E-state index contributed by atoms with van der Waals surface area (Å²) in [6.45, 7) is 4.20. The molecule has 1 aromatic heterocycles. The third-order valence-electron chi connectivity index (χ3n) is 2.94. The van der Waals surface area contributed by atoms with Crippen LogP contribution in [0, 0.1) is 24.0 Å². The Bertz CT molecular complexity index is 675. The van der Waals surface area contributed by atoms with Crippen LogP contribution in [0.4, 0.5) is 5.00 Å². The van der Waals surface area contributed by atoms with Gasteiger partial charge in [0.2, 0.25) is 0 Å². The lowest BCUT2D eigenvalue weighted by molar-refractivity contribution is -0.380. The third kappa shape index (κ3) is 3.82. The first-order valence-corrected chi connectivity index (χ1v) is 7.41. The van der Waals surface area contributed by atoms with Gasteiger partial charge >= 0.3 is 11.0 Å². The highest BCUT2D eigenvalue weighted by Crippen LogP contribution is 2.25. The van der Waals surface area contributed by atoms with Crippen LogP contribution < -0.4 is 4.74 Å². The number of ether oxygens (including phenoxy) is 2. The van der Waals surface area contributed by atoms with Crippen molar-refractivity contribution in [3.8, 4) is 5.75 Å². The van der Waals surface area contributed by atoms with Crippen LogP contribution in [-0.2, 0) is 4.74 Å². The molecule has 0 amide bonds. The van der Waals surface area contributed by atoms with E-state index in [2.05, 4.69) is 0 Å². The number of nitrogens with zero attached hydrogens (tertiary/aromatic N) is 1. The minimum Gasteiger partial charge on any atom is -0.489 e. The fraction of sp³-hybridized carbons (Fsp3) is 0.267. The Kier molecular flexibility index (Phi) is 5.11. The lowest BCUT2D eigenvalue weighted by atomic mass is 10.1. The molecular formula is C15H15NO5S. The Hall–Kier alpha value is -2.41. The summed E-state index contributed by atoms with van der Waals surface area (Å²) in [5.74, 6) is 0.202. The van der Waals surface area contributed by atoms with Crippen LogP contribution in [0.1, 0.15) is 20.8 Å². The fourth-order valence-corrected chi connectivity index (χ4v) is 2.63. The molecule has 0 fully saturated rings. The van der Waals surface area contributed by atoms with Crippen molar-refractivity contribution in [2.45, 2.75) is 13.8 Å². The first-order valence-electron chi connectivity index (χ1n) is 6.59. The van der Waals surface area contributed by atoms with Gasteiger partial charge in [0.05, 0.1) is 4.92 Å². The van der Waals surface area contributed by atoms with Gasteiger partial charge in [-0.2, -0.15) is 0 Å². The van der Waals surface area contributed by atoms with Crippen molar-refractivity contribution in [3.63, 3.8) is 0 Å². The highest BCUT2D eigenvalue weighted by Gasteiger charge is 2.16. The van der Waals surface area contributed by atoms with Crippen LogP contribution in [-0.4, -0.2) is 24.1 Å². The van der Waals surface area contributed by atoms with Crippen LogP contribution in [0.5, 0.6) is 5.75 Å². The largest absolute Gasteiger partial charge is 0.489 e. The maximum Gasteiger partial charge on any atom is 0.348 e. The van der Waals surface area contributed by atoms with Crippen molar-refractivity contribution < 1.29 is 19.2 Å². The first-order chi connectivity index (χ1) is 10.5. The molecule has 7 heteroatoms. The average molecular weight is 321 g/mol. The number of para-hydroxylation sites is 1. The van der Waals surface area contributed by atoms with Crippen molar-refractivity contribution in [2.75, 3.05) is 13.2 Å². The van der Waals surface area contributed by atoms with Gasteiger partial charge in [0.1, 0.15) is 23.8 Å². The van der Waals surface area contributed by atoms with Crippen molar-refractivity contribution in [1.29, 1.82) is 0 Å². The van der Waals surface area contributed by atoms with E-state index >= 15 is 0 Å². The minimum atomic E-state index is -0.580. The molecule has 0 bridgehead atoms. The molecule has 0 atom stereocenters. The zero-order valence-electron chi connectivity index (χ0n) is 12.2. The molecule has 1 heterocycles. The first kappa shape index (κ1) is 16.0. The summed E-state index contributed by atoms with van der Waals surface area (Å²) in [5.41, 5.74) is 2.03. The van der Waals surface area contributed by atoms with Gasteiger partial charge < -0.3 is 9.47 Å². The van der Waals surface area contributed by atoms with Gasteiger partial charge in [0.25, 0.3) is 0 Å². The molecule has 2 aromatic rings. The molecule has 1 aromatic carbocycles. The van der Waals surface area contributed by atoms with E-state index in [1.165, 1.54) is 12.1 Å². The molecule has 0 N–H and O–H groups in total. The van der Waals surface area contributed by atoms with Crippen molar-refractivity contribution in [3.05, 3.63) is 56.5 Å². The van der Waals surface area contributed by atoms with Crippen LogP contribution in [0.2, 0.25) is 0 Å². The summed E-state index contributed by atoms with van der Waals surface area (Å²) in [6, 6.07) is 8.51. The van der Waals surface area contributed by atoms with E-state index in [9.17, 15) is 14.9 Å². The van der Waals surface area contributed by atoms with Gasteiger partial charge in [-0.25, -0.2) is 4.79 Å². The normalized spacial score (nSPS) is 10.3. The molecule has 0 spiro atoms. The topological polar surface area (TPSA) is 78.7 Å². The molecule has 0 aliphatic carbocycles. The molecule has 6 nitrogen and oxygen atoms in total. The second-order valence-corrected chi connectivity index (χ2v) is 5.66. The maximum absolute atomic E-state index is 11.7. The molecular weight excluding hydrogens is 306 g/mol. The summed E-state index contributed by atoms with van der Waals surface area (Å²) < 4.78 is 10.7. The molecule has 2 rings (SSSR count). The van der Waals surface area contributed by atoms with Gasteiger partial charge in [-0.1, -0.05) is 29.5 Å². The zero-order chi connectivity index (χ0) is 16.1. The highest BCUT2D eigenvalue weighted by atomic mass is 32.1. The minimum absolute atomic E-state index is 0.0817. The predicted octanol–water partition coefficient (Wildman–Crippen LogP) is 3.51. The monoisotopic (exact) mass is 321 g/mol. The second kappa shape index (κ2) is 7.04. The number of thiophene rings is 1. The summed E-state index contributed by atoms with van der Waals surface area (Å²) >= 11 is 0.794. The standard InChI is InChI=1S/C15H15NO5S/c1-10-4-3-5-11(2)14(10)20-8-9-21-15(17)12-6-7-13(22-12)16(18)19/h3-7H,8-9H2,1-2H3.